The van der Waals surface area contributed by atoms with Gasteiger partial charge in [0.2, 0.25) is 0 Å². The second-order valence-corrected chi connectivity index (χ2v) is 4.61. The molecule has 0 aliphatic heterocycles. The van der Waals surface area contributed by atoms with E-state index in [4.69, 9.17) is 10.3 Å². The molecule has 0 saturated heterocycles. The van der Waals surface area contributed by atoms with Crippen molar-refractivity contribution in [2.24, 2.45) is 5.73 Å². The summed E-state index contributed by atoms with van der Waals surface area (Å²) in [6.45, 7) is 2.07. The zero-order valence-electron chi connectivity index (χ0n) is 11.2. The molecule has 6 heteroatoms. The number of nitrogens with zero attached hydrogens (tertiary/aromatic N) is 4. The van der Waals surface area contributed by atoms with Gasteiger partial charge in [-0.05, 0) is 24.6 Å². The van der Waals surface area contributed by atoms with Crippen LogP contribution < -0.4 is 5.73 Å². The summed E-state index contributed by atoms with van der Waals surface area (Å²) < 4.78 is 5.28. The van der Waals surface area contributed by atoms with E-state index in [1.54, 1.807) is 12.4 Å². The Morgan fingerprint density at radius 2 is 2.00 bits per heavy atom. The van der Waals surface area contributed by atoms with E-state index in [0.717, 1.165) is 29.4 Å². The van der Waals surface area contributed by atoms with Crippen molar-refractivity contribution in [2.45, 2.75) is 25.8 Å². The fourth-order valence-corrected chi connectivity index (χ4v) is 2.04. The third-order valence-electron chi connectivity index (χ3n) is 3.09. The molecule has 102 valence electrons. The van der Waals surface area contributed by atoms with Crippen LogP contribution >= 0.6 is 0 Å². The normalized spacial score (nSPS) is 12.7. The molecule has 3 rings (SSSR count). The third-order valence-corrected chi connectivity index (χ3v) is 3.09. The maximum absolute atomic E-state index is 5.98. The SMILES string of the molecule is CCCC(N)c1noc(-c2ccc3nccnc3c2)n1. The van der Waals surface area contributed by atoms with Gasteiger partial charge in [-0.15, -0.1) is 0 Å². The quantitative estimate of drug-likeness (QED) is 0.782. The molecule has 2 heterocycles. The van der Waals surface area contributed by atoms with Crippen molar-refractivity contribution in [2.75, 3.05) is 0 Å². The van der Waals surface area contributed by atoms with Gasteiger partial charge in [0.25, 0.3) is 5.89 Å². The number of hydrogen-bond acceptors (Lipinski definition) is 6. The molecule has 6 nitrogen and oxygen atoms in total. The average molecular weight is 269 g/mol. The van der Waals surface area contributed by atoms with Gasteiger partial charge in [-0.25, -0.2) is 0 Å². The molecular formula is C14H15N5O. The van der Waals surface area contributed by atoms with Gasteiger partial charge in [0.15, 0.2) is 5.82 Å². The maximum atomic E-state index is 5.98. The molecular weight excluding hydrogens is 254 g/mol. The highest BCUT2D eigenvalue weighted by molar-refractivity contribution is 5.79. The molecule has 1 aromatic carbocycles. The van der Waals surface area contributed by atoms with Crippen LogP contribution in [0.4, 0.5) is 0 Å². The van der Waals surface area contributed by atoms with Crippen molar-refractivity contribution >= 4 is 11.0 Å². The molecule has 0 radical (unpaired) electrons. The highest BCUT2D eigenvalue weighted by Gasteiger charge is 2.14. The molecule has 0 amide bonds. The summed E-state index contributed by atoms with van der Waals surface area (Å²) in [6, 6.07) is 5.47. The Labute approximate surface area is 116 Å². The lowest BCUT2D eigenvalue weighted by Crippen LogP contribution is -2.11. The Hall–Kier alpha value is -2.34. The predicted molar refractivity (Wildman–Crippen MR) is 74.7 cm³/mol. The first kappa shape index (κ1) is 12.7. The number of rotatable bonds is 4. The van der Waals surface area contributed by atoms with Crippen LogP contribution in [-0.4, -0.2) is 20.1 Å². The third kappa shape index (κ3) is 2.37. The van der Waals surface area contributed by atoms with Crippen LogP contribution in [0.3, 0.4) is 0 Å². The Bertz CT molecular complexity index is 724. The fraction of sp³-hybridized carbons (Fsp3) is 0.286. The number of benzene rings is 1. The summed E-state index contributed by atoms with van der Waals surface area (Å²) in [5.74, 6) is 1.00. The van der Waals surface area contributed by atoms with E-state index in [9.17, 15) is 0 Å². The van der Waals surface area contributed by atoms with Crippen LogP contribution in [0.2, 0.25) is 0 Å². The molecule has 0 aliphatic carbocycles. The van der Waals surface area contributed by atoms with Crippen molar-refractivity contribution < 1.29 is 4.52 Å². The molecule has 2 N–H and O–H groups in total. The van der Waals surface area contributed by atoms with Crippen molar-refractivity contribution in [1.29, 1.82) is 0 Å². The average Bonchev–Trinajstić information content (AvgIpc) is 2.97. The number of nitrogens with two attached hydrogens (primary N) is 1. The molecule has 1 unspecified atom stereocenters. The van der Waals surface area contributed by atoms with Crippen molar-refractivity contribution in [3.63, 3.8) is 0 Å². The van der Waals surface area contributed by atoms with Gasteiger partial charge in [-0.1, -0.05) is 18.5 Å². The van der Waals surface area contributed by atoms with Crippen LogP contribution in [-0.2, 0) is 0 Å². The van der Waals surface area contributed by atoms with Crippen LogP contribution in [0, 0.1) is 0 Å². The number of aromatic nitrogens is 4. The van der Waals surface area contributed by atoms with Gasteiger partial charge in [0, 0.05) is 18.0 Å². The topological polar surface area (TPSA) is 90.7 Å². The molecule has 1 atom stereocenters. The minimum atomic E-state index is -0.183. The minimum Gasteiger partial charge on any atom is -0.334 e. The standard InChI is InChI=1S/C14H15N5O/c1-2-3-10(15)13-18-14(20-19-13)9-4-5-11-12(8-9)17-7-6-16-11/h4-8,10H,2-3,15H2,1H3. The van der Waals surface area contributed by atoms with Crippen molar-refractivity contribution in [3.05, 3.63) is 36.4 Å². The van der Waals surface area contributed by atoms with Crippen LogP contribution in [0.1, 0.15) is 31.6 Å². The second-order valence-electron chi connectivity index (χ2n) is 4.61. The van der Waals surface area contributed by atoms with E-state index in [-0.39, 0.29) is 6.04 Å². The zero-order valence-corrected chi connectivity index (χ0v) is 11.2. The molecule has 0 spiro atoms. The Morgan fingerprint density at radius 3 is 2.80 bits per heavy atom. The molecule has 0 bridgehead atoms. The first-order chi connectivity index (χ1) is 9.78. The summed E-state index contributed by atoms with van der Waals surface area (Å²) in [5.41, 5.74) is 8.43. The summed E-state index contributed by atoms with van der Waals surface area (Å²) in [6.07, 6.45) is 5.14. The summed E-state index contributed by atoms with van der Waals surface area (Å²) >= 11 is 0. The lowest BCUT2D eigenvalue weighted by atomic mass is 10.1. The first-order valence-corrected chi connectivity index (χ1v) is 6.58. The second kappa shape index (κ2) is 5.34. The number of hydrogen-bond donors (Lipinski definition) is 1. The summed E-state index contributed by atoms with van der Waals surface area (Å²) in [7, 11) is 0. The lowest BCUT2D eigenvalue weighted by Gasteiger charge is -2.02. The zero-order chi connectivity index (χ0) is 13.9. The van der Waals surface area contributed by atoms with Crippen molar-refractivity contribution in [3.8, 4) is 11.5 Å². The lowest BCUT2D eigenvalue weighted by molar-refractivity contribution is 0.413. The van der Waals surface area contributed by atoms with E-state index < -0.39 is 0 Å². The monoisotopic (exact) mass is 269 g/mol. The molecule has 3 aromatic rings. The minimum absolute atomic E-state index is 0.183. The van der Waals surface area contributed by atoms with Gasteiger partial charge in [0.05, 0.1) is 17.1 Å². The largest absolute Gasteiger partial charge is 0.334 e. The van der Waals surface area contributed by atoms with Crippen LogP contribution in [0.15, 0.2) is 35.1 Å². The fourth-order valence-electron chi connectivity index (χ4n) is 2.04. The molecule has 0 fully saturated rings. The van der Waals surface area contributed by atoms with Gasteiger partial charge in [0.1, 0.15) is 0 Å². The Kier molecular flexibility index (Phi) is 3.39. The molecule has 2 aromatic heterocycles. The van der Waals surface area contributed by atoms with E-state index in [0.29, 0.717) is 11.7 Å². The van der Waals surface area contributed by atoms with E-state index in [1.165, 1.54) is 0 Å². The van der Waals surface area contributed by atoms with E-state index in [2.05, 4.69) is 27.0 Å². The summed E-state index contributed by atoms with van der Waals surface area (Å²) in [4.78, 5) is 12.8. The maximum Gasteiger partial charge on any atom is 0.258 e. The summed E-state index contributed by atoms with van der Waals surface area (Å²) in [5, 5.41) is 3.94. The Morgan fingerprint density at radius 1 is 1.20 bits per heavy atom. The van der Waals surface area contributed by atoms with Crippen molar-refractivity contribution in [1.82, 2.24) is 20.1 Å². The Balaban J connectivity index is 1.94. The molecule has 0 aliphatic rings. The van der Waals surface area contributed by atoms with E-state index in [1.807, 2.05) is 18.2 Å². The smallest absolute Gasteiger partial charge is 0.258 e. The molecule has 20 heavy (non-hydrogen) atoms. The molecule has 0 saturated carbocycles. The van der Waals surface area contributed by atoms with Gasteiger partial charge >= 0.3 is 0 Å². The van der Waals surface area contributed by atoms with Gasteiger partial charge < -0.3 is 10.3 Å². The van der Waals surface area contributed by atoms with Gasteiger partial charge in [-0.3, -0.25) is 9.97 Å². The first-order valence-electron chi connectivity index (χ1n) is 6.58. The number of fused-ring (bicyclic) bond motifs is 1. The van der Waals surface area contributed by atoms with Crippen LogP contribution in [0.5, 0.6) is 0 Å². The highest BCUT2D eigenvalue weighted by atomic mass is 16.5. The predicted octanol–water partition coefficient (Wildman–Crippen LogP) is 2.48. The van der Waals surface area contributed by atoms with E-state index >= 15 is 0 Å². The van der Waals surface area contributed by atoms with Gasteiger partial charge in [-0.2, -0.15) is 4.98 Å². The van der Waals surface area contributed by atoms with Crippen LogP contribution in [0.25, 0.3) is 22.5 Å². The highest BCUT2D eigenvalue weighted by Crippen LogP contribution is 2.22.